The van der Waals surface area contributed by atoms with E-state index in [9.17, 15) is 19.5 Å². The second-order valence-corrected chi connectivity index (χ2v) is 7.15. The van der Waals surface area contributed by atoms with Gasteiger partial charge in [0.05, 0.1) is 11.8 Å². The lowest BCUT2D eigenvalue weighted by molar-refractivity contribution is -0.146. The molecule has 25 heavy (non-hydrogen) atoms. The highest BCUT2D eigenvalue weighted by molar-refractivity contribution is 5.98. The highest BCUT2D eigenvalue weighted by atomic mass is 16.4. The number of hydrogen-bond acceptors (Lipinski definition) is 3. The standard InChI is InChI=1S/C19H20N2O4/c22-17(20-14-7-8-14)10-3-5-13(6-4-10)21-18(23)15-11-1-2-12(9-11)16(15)19(24)25/h1-6,11-12,14-16H,7-9H2,(H,20,22)(H,21,23)(H,24,25)/t11-,12-,15-,16-/m0/s1. The second-order valence-electron chi connectivity index (χ2n) is 7.15. The zero-order valence-corrected chi connectivity index (χ0v) is 13.6. The Bertz CT molecular complexity index is 751. The van der Waals surface area contributed by atoms with E-state index in [0.717, 1.165) is 19.3 Å². The van der Waals surface area contributed by atoms with Crippen molar-refractivity contribution in [3.63, 3.8) is 0 Å². The molecular weight excluding hydrogens is 320 g/mol. The number of carboxylic acids is 1. The first-order valence-electron chi connectivity index (χ1n) is 8.66. The minimum atomic E-state index is -0.913. The lowest BCUT2D eigenvalue weighted by atomic mass is 9.82. The van der Waals surface area contributed by atoms with E-state index >= 15 is 0 Å². The van der Waals surface area contributed by atoms with Crippen LogP contribution in [0.1, 0.15) is 29.6 Å². The first kappa shape index (κ1) is 15.9. The van der Waals surface area contributed by atoms with Gasteiger partial charge in [-0.15, -0.1) is 0 Å². The molecular formula is C19H20N2O4. The fraction of sp³-hybridized carbons (Fsp3) is 0.421. The molecule has 1 aromatic carbocycles. The van der Waals surface area contributed by atoms with Crippen LogP contribution in [0.25, 0.3) is 0 Å². The average molecular weight is 340 g/mol. The lowest BCUT2D eigenvalue weighted by Crippen LogP contribution is -2.36. The number of anilines is 1. The molecule has 0 unspecified atom stereocenters. The minimum Gasteiger partial charge on any atom is -0.481 e. The Morgan fingerprint density at radius 2 is 1.60 bits per heavy atom. The van der Waals surface area contributed by atoms with Crippen molar-refractivity contribution in [1.29, 1.82) is 0 Å². The zero-order valence-electron chi connectivity index (χ0n) is 13.6. The van der Waals surface area contributed by atoms with Crippen LogP contribution >= 0.6 is 0 Å². The van der Waals surface area contributed by atoms with Gasteiger partial charge in [0.25, 0.3) is 5.91 Å². The number of allylic oxidation sites excluding steroid dienone is 2. The first-order valence-corrected chi connectivity index (χ1v) is 8.66. The number of rotatable bonds is 5. The molecule has 4 atom stereocenters. The van der Waals surface area contributed by atoms with E-state index in [2.05, 4.69) is 10.6 Å². The van der Waals surface area contributed by atoms with Crippen molar-refractivity contribution in [2.75, 3.05) is 5.32 Å². The Kier molecular flexibility index (Phi) is 3.82. The quantitative estimate of drug-likeness (QED) is 0.715. The molecule has 6 heteroatoms. The van der Waals surface area contributed by atoms with Gasteiger partial charge < -0.3 is 15.7 Å². The predicted molar refractivity (Wildman–Crippen MR) is 90.9 cm³/mol. The maximum Gasteiger partial charge on any atom is 0.307 e. The summed E-state index contributed by atoms with van der Waals surface area (Å²) < 4.78 is 0. The Morgan fingerprint density at radius 1 is 0.960 bits per heavy atom. The molecule has 0 saturated heterocycles. The number of aliphatic carboxylic acids is 1. The summed E-state index contributed by atoms with van der Waals surface area (Å²) in [7, 11) is 0. The summed E-state index contributed by atoms with van der Waals surface area (Å²) in [6, 6.07) is 6.99. The van der Waals surface area contributed by atoms with Gasteiger partial charge in [-0.25, -0.2) is 0 Å². The number of carbonyl (C=O) groups is 3. The van der Waals surface area contributed by atoms with E-state index < -0.39 is 17.8 Å². The first-order chi connectivity index (χ1) is 12.0. The number of fused-ring (bicyclic) bond motifs is 2. The molecule has 0 spiro atoms. The molecule has 3 N–H and O–H groups in total. The van der Waals surface area contributed by atoms with Crippen molar-refractivity contribution >= 4 is 23.5 Å². The van der Waals surface area contributed by atoms with Crippen LogP contribution in [0.15, 0.2) is 36.4 Å². The fourth-order valence-electron chi connectivity index (χ4n) is 3.94. The second kappa shape index (κ2) is 6.02. The van der Waals surface area contributed by atoms with Gasteiger partial charge in [0.15, 0.2) is 0 Å². The molecule has 0 aliphatic heterocycles. The van der Waals surface area contributed by atoms with Crippen LogP contribution in [0.4, 0.5) is 5.69 Å². The number of hydrogen-bond donors (Lipinski definition) is 3. The lowest BCUT2D eigenvalue weighted by Gasteiger charge is -2.23. The predicted octanol–water partition coefficient (Wildman–Crippen LogP) is 2.04. The summed E-state index contributed by atoms with van der Waals surface area (Å²) in [4.78, 5) is 36.1. The molecule has 3 aliphatic rings. The van der Waals surface area contributed by atoms with Gasteiger partial charge in [0.2, 0.25) is 5.91 Å². The maximum absolute atomic E-state index is 12.6. The summed E-state index contributed by atoms with van der Waals surface area (Å²) in [5.41, 5.74) is 1.13. The summed E-state index contributed by atoms with van der Waals surface area (Å²) in [5.74, 6) is -2.53. The van der Waals surface area contributed by atoms with E-state index in [-0.39, 0.29) is 23.7 Å². The minimum absolute atomic E-state index is 0.00491. The summed E-state index contributed by atoms with van der Waals surface area (Å²) in [5, 5.41) is 15.2. The number of amides is 2. The third kappa shape index (κ3) is 3.04. The number of benzene rings is 1. The van der Waals surface area contributed by atoms with Crippen molar-refractivity contribution in [1.82, 2.24) is 5.32 Å². The van der Waals surface area contributed by atoms with Crippen molar-refractivity contribution in [2.24, 2.45) is 23.7 Å². The zero-order chi connectivity index (χ0) is 17.6. The summed E-state index contributed by atoms with van der Waals surface area (Å²) in [6.45, 7) is 0. The largest absolute Gasteiger partial charge is 0.481 e. The molecule has 0 aromatic heterocycles. The molecule has 4 rings (SSSR count). The van der Waals surface area contributed by atoms with Gasteiger partial charge in [0.1, 0.15) is 0 Å². The van der Waals surface area contributed by atoms with Crippen LogP contribution < -0.4 is 10.6 Å². The molecule has 0 radical (unpaired) electrons. The SMILES string of the molecule is O=C(NC1CC1)c1ccc(NC(=O)[C@@H]2[C@@H](C(=O)O)[C@H]3C=C[C@H]2C3)cc1. The molecule has 2 bridgehead atoms. The molecule has 2 fully saturated rings. The Balaban J connectivity index is 1.43. The average Bonchev–Trinajstić information content (AvgIpc) is 3.16. The molecule has 2 amide bonds. The van der Waals surface area contributed by atoms with Crippen LogP contribution in [0.2, 0.25) is 0 Å². The summed E-state index contributed by atoms with van der Waals surface area (Å²) in [6.07, 6.45) is 6.67. The van der Waals surface area contributed by atoms with E-state index in [4.69, 9.17) is 0 Å². The van der Waals surface area contributed by atoms with Crippen LogP contribution in [0, 0.1) is 23.7 Å². The van der Waals surface area contributed by atoms with Crippen LogP contribution in [-0.4, -0.2) is 28.9 Å². The fourth-order valence-corrected chi connectivity index (χ4v) is 3.94. The highest BCUT2D eigenvalue weighted by Crippen LogP contribution is 2.48. The maximum atomic E-state index is 12.6. The number of carboxylic acid groups (broad SMARTS) is 1. The molecule has 6 nitrogen and oxygen atoms in total. The highest BCUT2D eigenvalue weighted by Gasteiger charge is 2.51. The molecule has 3 aliphatic carbocycles. The normalized spacial score (nSPS) is 29.4. The van der Waals surface area contributed by atoms with Gasteiger partial charge in [-0.3, -0.25) is 14.4 Å². The van der Waals surface area contributed by atoms with E-state index in [1.807, 2.05) is 12.2 Å². The number of carbonyl (C=O) groups excluding carboxylic acids is 2. The smallest absolute Gasteiger partial charge is 0.307 e. The monoisotopic (exact) mass is 340 g/mol. The van der Waals surface area contributed by atoms with Gasteiger partial charge in [-0.05, 0) is 55.4 Å². The van der Waals surface area contributed by atoms with E-state index in [0.29, 0.717) is 17.3 Å². The topological polar surface area (TPSA) is 95.5 Å². The Morgan fingerprint density at radius 3 is 2.20 bits per heavy atom. The van der Waals surface area contributed by atoms with Crippen molar-refractivity contribution in [3.8, 4) is 0 Å². The molecule has 0 heterocycles. The third-order valence-electron chi connectivity index (χ3n) is 5.37. The molecule has 1 aromatic rings. The number of nitrogens with one attached hydrogen (secondary N) is 2. The van der Waals surface area contributed by atoms with Gasteiger partial charge >= 0.3 is 5.97 Å². The molecule has 2 saturated carbocycles. The van der Waals surface area contributed by atoms with Crippen LogP contribution in [-0.2, 0) is 9.59 Å². The van der Waals surface area contributed by atoms with Crippen molar-refractivity contribution in [3.05, 3.63) is 42.0 Å². The van der Waals surface area contributed by atoms with E-state index in [1.165, 1.54) is 0 Å². The Labute approximate surface area is 145 Å². The van der Waals surface area contributed by atoms with Gasteiger partial charge in [-0.1, -0.05) is 12.2 Å². The molecule has 130 valence electrons. The van der Waals surface area contributed by atoms with Gasteiger partial charge in [-0.2, -0.15) is 0 Å². The Hall–Kier alpha value is -2.63. The van der Waals surface area contributed by atoms with E-state index in [1.54, 1.807) is 24.3 Å². The van der Waals surface area contributed by atoms with Crippen molar-refractivity contribution in [2.45, 2.75) is 25.3 Å². The third-order valence-corrected chi connectivity index (χ3v) is 5.37. The van der Waals surface area contributed by atoms with Crippen LogP contribution in [0.3, 0.4) is 0 Å². The van der Waals surface area contributed by atoms with Gasteiger partial charge in [0, 0.05) is 17.3 Å². The van der Waals surface area contributed by atoms with Crippen LogP contribution in [0.5, 0.6) is 0 Å². The van der Waals surface area contributed by atoms with Crippen molar-refractivity contribution < 1.29 is 19.5 Å². The summed E-state index contributed by atoms with van der Waals surface area (Å²) >= 11 is 0.